The molecule has 0 aliphatic rings. The molecule has 0 aromatic rings. The molecule has 0 atom stereocenters. The molecular formula is C20H32. The summed E-state index contributed by atoms with van der Waals surface area (Å²) in [5, 5.41) is 0. The number of rotatable bonds is 8. The smallest absolute Gasteiger partial charge is 0.0285 e. The predicted octanol–water partition coefficient (Wildman–Crippen LogP) is 6.93. The Morgan fingerprint density at radius 3 is 1.25 bits per heavy atom. The van der Waals surface area contributed by atoms with Gasteiger partial charge in [0.25, 0.3) is 0 Å². The molecule has 112 valence electrons. The fourth-order valence-electron chi connectivity index (χ4n) is 1.78. The third-order valence-corrected chi connectivity index (χ3v) is 3.06. The lowest BCUT2D eigenvalue weighted by atomic mass is 10.1. The van der Waals surface area contributed by atoms with Crippen LogP contribution in [-0.2, 0) is 0 Å². The summed E-state index contributed by atoms with van der Waals surface area (Å²) < 4.78 is 0. The van der Waals surface area contributed by atoms with E-state index in [0.717, 1.165) is 25.7 Å². The van der Waals surface area contributed by atoms with E-state index in [1.807, 2.05) is 0 Å². The molecule has 0 fully saturated rings. The second-order valence-electron chi connectivity index (χ2n) is 6.05. The highest BCUT2D eigenvalue weighted by molar-refractivity contribution is 5.18. The zero-order valence-electron chi connectivity index (χ0n) is 14.3. The molecule has 0 spiro atoms. The molecule has 0 aromatic heterocycles. The zero-order valence-corrected chi connectivity index (χ0v) is 14.3. The van der Waals surface area contributed by atoms with Gasteiger partial charge in [-0.25, -0.2) is 0 Å². The van der Waals surface area contributed by atoms with Gasteiger partial charge in [-0.05, 0) is 67.2 Å². The Labute approximate surface area is 126 Å². The van der Waals surface area contributed by atoms with Crippen LogP contribution in [0.1, 0.15) is 67.2 Å². The van der Waals surface area contributed by atoms with Crippen LogP contribution in [0.3, 0.4) is 0 Å². The van der Waals surface area contributed by atoms with Gasteiger partial charge in [-0.15, -0.1) is 0 Å². The molecule has 0 aliphatic carbocycles. The van der Waals surface area contributed by atoms with E-state index in [1.165, 1.54) is 22.3 Å². The lowest BCUT2D eigenvalue weighted by molar-refractivity contribution is 0.965. The van der Waals surface area contributed by atoms with Crippen molar-refractivity contribution in [2.75, 3.05) is 0 Å². The summed E-state index contributed by atoms with van der Waals surface area (Å²) in [7, 11) is 0. The van der Waals surface area contributed by atoms with Crippen molar-refractivity contribution in [2.45, 2.75) is 67.2 Å². The third kappa shape index (κ3) is 13.1. The van der Waals surface area contributed by atoms with E-state index < -0.39 is 0 Å². The van der Waals surface area contributed by atoms with Gasteiger partial charge in [0.1, 0.15) is 0 Å². The van der Waals surface area contributed by atoms with Gasteiger partial charge in [0.2, 0.25) is 0 Å². The summed E-state index contributed by atoms with van der Waals surface area (Å²) >= 11 is 0. The quantitative estimate of drug-likeness (QED) is 0.332. The van der Waals surface area contributed by atoms with Crippen LogP contribution in [0.5, 0.6) is 0 Å². The molecule has 0 bridgehead atoms. The van der Waals surface area contributed by atoms with Crippen molar-refractivity contribution in [3.8, 4) is 0 Å². The van der Waals surface area contributed by atoms with Crippen LogP contribution in [-0.4, -0.2) is 0 Å². The molecule has 20 heavy (non-hydrogen) atoms. The van der Waals surface area contributed by atoms with Gasteiger partial charge in [-0.2, -0.15) is 0 Å². The maximum atomic E-state index is 2.30. The molecule has 0 aliphatic heterocycles. The van der Waals surface area contributed by atoms with E-state index in [0.29, 0.717) is 0 Å². The average molecular weight is 272 g/mol. The number of hydrogen-bond acceptors (Lipinski definition) is 0. The van der Waals surface area contributed by atoms with Gasteiger partial charge in [0.05, 0.1) is 0 Å². The first-order valence-electron chi connectivity index (χ1n) is 7.68. The highest BCUT2D eigenvalue weighted by Crippen LogP contribution is 2.08. The maximum Gasteiger partial charge on any atom is -0.0285 e. The van der Waals surface area contributed by atoms with Gasteiger partial charge in [0, 0.05) is 0 Å². The summed E-state index contributed by atoms with van der Waals surface area (Å²) in [5.41, 5.74) is 5.69. The Morgan fingerprint density at radius 2 is 0.950 bits per heavy atom. The third-order valence-electron chi connectivity index (χ3n) is 3.06. The molecule has 0 unspecified atom stereocenters. The minimum absolute atomic E-state index is 1.15. The van der Waals surface area contributed by atoms with Crippen LogP contribution in [0.2, 0.25) is 0 Å². The first-order chi connectivity index (χ1) is 9.41. The molecule has 0 saturated carbocycles. The van der Waals surface area contributed by atoms with Crippen LogP contribution < -0.4 is 0 Å². The Hall–Kier alpha value is -1.30. The van der Waals surface area contributed by atoms with E-state index in [-0.39, 0.29) is 0 Å². The number of allylic oxidation sites excluding steroid dienone is 10. The van der Waals surface area contributed by atoms with Gasteiger partial charge < -0.3 is 0 Å². The van der Waals surface area contributed by atoms with Gasteiger partial charge in [-0.1, -0.05) is 58.7 Å². The SMILES string of the molecule is CC(C)=CCCC(C)=CC=CC=C(C)CCC=C(C)C. The minimum atomic E-state index is 1.15. The fraction of sp³-hybridized carbons (Fsp3) is 0.500. The van der Waals surface area contributed by atoms with E-state index in [2.05, 4.69) is 78.0 Å². The van der Waals surface area contributed by atoms with E-state index in [1.54, 1.807) is 0 Å². The lowest BCUT2D eigenvalue weighted by Gasteiger charge is -1.97. The molecule has 0 rings (SSSR count). The minimum Gasteiger partial charge on any atom is -0.0856 e. The van der Waals surface area contributed by atoms with Crippen molar-refractivity contribution in [1.82, 2.24) is 0 Å². The normalized spacial score (nSPS) is 12.7. The average Bonchev–Trinajstić information content (AvgIpc) is 2.33. The highest BCUT2D eigenvalue weighted by atomic mass is 13.9. The van der Waals surface area contributed by atoms with E-state index in [9.17, 15) is 0 Å². The van der Waals surface area contributed by atoms with Crippen molar-refractivity contribution < 1.29 is 0 Å². The van der Waals surface area contributed by atoms with Gasteiger partial charge in [0.15, 0.2) is 0 Å². The lowest BCUT2D eigenvalue weighted by Crippen LogP contribution is -1.77. The second kappa shape index (κ2) is 11.5. The molecule has 0 nitrogen and oxygen atoms in total. The molecule has 0 radical (unpaired) electrons. The second-order valence-corrected chi connectivity index (χ2v) is 6.05. The fourth-order valence-corrected chi connectivity index (χ4v) is 1.78. The summed E-state index contributed by atoms with van der Waals surface area (Å²) in [6, 6.07) is 0. The Balaban J connectivity index is 4.09. The topological polar surface area (TPSA) is 0 Å². The molecule has 0 N–H and O–H groups in total. The van der Waals surface area contributed by atoms with Crippen molar-refractivity contribution in [2.24, 2.45) is 0 Å². The molecule has 0 amide bonds. The van der Waals surface area contributed by atoms with Crippen molar-refractivity contribution >= 4 is 0 Å². The van der Waals surface area contributed by atoms with Crippen molar-refractivity contribution in [3.63, 3.8) is 0 Å². The van der Waals surface area contributed by atoms with Gasteiger partial charge in [-0.3, -0.25) is 0 Å². The summed E-state index contributed by atoms with van der Waals surface area (Å²) in [6.45, 7) is 13.0. The Morgan fingerprint density at radius 1 is 0.600 bits per heavy atom. The Bertz CT molecular complexity index is 363. The summed E-state index contributed by atoms with van der Waals surface area (Å²) in [4.78, 5) is 0. The van der Waals surface area contributed by atoms with Crippen LogP contribution in [0.25, 0.3) is 0 Å². The molecular weight excluding hydrogens is 240 g/mol. The van der Waals surface area contributed by atoms with Crippen molar-refractivity contribution in [3.05, 3.63) is 58.7 Å². The predicted molar refractivity (Wildman–Crippen MR) is 94.0 cm³/mol. The standard InChI is InChI=1S/C20H32/c1-17(2)11-9-15-19(5)13-7-8-14-20(6)16-10-12-18(3)4/h7-8,11-14H,9-10,15-16H2,1-6H3. The van der Waals surface area contributed by atoms with Crippen LogP contribution in [0.15, 0.2) is 58.7 Å². The van der Waals surface area contributed by atoms with E-state index in [4.69, 9.17) is 0 Å². The zero-order chi connectivity index (χ0) is 15.4. The van der Waals surface area contributed by atoms with Gasteiger partial charge >= 0.3 is 0 Å². The monoisotopic (exact) mass is 272 g/mol. The molecule has 0 saturated heterocycles. The molecule has 0 heterocycles. The number of hydrogen-bond donors (Lipinski definition) is 0. The highest BCUT2D eigenvalue weighted by Gasteiger charge is 1.88. The van der Waals surface area contributed by atoms with Crippen molar-refractivity contribution in [1.29, 1.82) is 0 Å². The molecule has 0 aromatic carbocycles. The van der Waals surface area contributed by atoms with Crippen LogP contribution in [0.4, 0.5) is 0 Å². The summed E-state index contributed by atoms with van der Waals surface area (Å²) in [6.07, 6.45) is 18.0. The maximum absolute atomic E-state index is 2.30. The Kier molecular flexibility index (Phi) is 10.8. The van der Waals surface area contributed by atoms with Crippen LogP contribution >= 0.6 is 0 Å². The first kappa shape index (κ1) is 18.7. The largest absolute Gasteiger partial charge is 0.0856 e. The first-order valence-corrected chi connectivity index (χ1v) is 7.68. The summed E-state index contributed by atoms with van der Waals surface area (Å²) in [5.74, 6) is 0. The van der Waals surface area contributed by atoms with Crippen LogP contribution in [0, 0.1) is 0 Å². The van der Waals surface area contributed by atoms with E-state index >= 15 is 0 Å². The molecule has 0 heteroatoms.